The second-order valence-electron chi connectivity index (χ2n) is 5.04. The fraction of sp³-hybridized carbons (Fsp3) is 0. The Morgan fingerprint density at radius 2 is 1.55 bits per heavy atom. The predicted molar refractivity (Wildman–Crippen MR) is 88.9 cm³/mol. The summed E-state index contributed by atoms with van der Waals surface area (Å²) in [7, 11) is 0. The highest BCUT2D eigenvalue weighted by Gasteiger charge is 2.09. The molecule has 0 amide bonds. The maximum Gasteiger partial charge on any atom is 0.162 e. The van der Waals surface area contributed by atoms with E-state index >= 15 is 0 Å². The van der Waals surface area contributed by atoms with Crippen molar-refractivity contribution in [2.45, 2.75) is 0 Å². The van der Waals surface area contributed by atoms with Crippen LogP contribution in [-0.2, 0) is 0 Å². The van der Waals surface area contributed by atoms with Crippen LogP contribution in [0.15, 0.2) is 73.2 Å². The normalized spacial score (nSPS) is 11.0. The zero-order valence-electron chi connectivity index (χ0n) is 11.6. The Hall–Kier alpha value is -2.65. The third-order valence-corrected chi connectivity index (χ3v) is 3.87. The van der Waals surface area contributed by atoms with Crippen molar-refractivity contribution in [1.82, 2.24) is 14.6 Å². The van der Waals surface area contributed by atoms with E-state index in [-0.39, 0.29) is 0 Å². The van der Waals surface area contributed by atoms with E-state index in [1.807, 2.05) is 65.6 Å². The molecule has 0 aliphatic carbocycles. The second-order valence-corrected chi connectivity index (χ2v) is 5.48. The van der Waals surface area contributed by atoms with Gasteiger partial charge in [0.05, 0.1) is 6.20 Å². The fourth-order valence-electron chi connectivity index (χ4n) is 2.49. The number of benzene rings is 2. The molecule has 0 aliphatic heterocycles. The Morgan fingerprint density at radius 1 is 0.773 bits per heavy atom. The summed E-state index contributed by atoms with van der Waals surface area (Å²) in [6.07, 6.45) is 5.71. The van der Waals surface area contributed by atoms with Gasteiger partial charge in [-0.2, -0.15) is 5.10 Å². The van der Waals surface area contributed by atoms with E-state index in [0.29, 0.717) is 0 Å². The van der Waals surface area contributed by atoms with Crippen molar-refractivity contribution in [2.75, 3.05) is 0 Å². The highest BCUT2D eigenvalue weighted by molar-refractivity contribution is 6.30. The number of hydrogen-bond acceptors (Lipinski definition) is 2. The molecule has 0 fully saturated rings. The molecule has 0 N–H and O–H groups in total. The Labute approximate surface area is 132 Å². The van der Waals surface area contributed by atoms with Gasteiger partial charge in [-0.1, -0.05) is 54.1 Å². The first-order valence-corrected chi connectivity index (χ1v) is 7.34. The van der Waals surface area contributed by atoms with Crippen molar-refractivity contribution in [3.8, 4) is 22.3 Å². The van der Waals surface area contributed by atoms with Crippen molar-refractivity contribution in [3.63, 3.8) is 0 Å². The van der Waals surface area contributed by atoms with Crippen LogP contribution in [0.2, 0.25) is 5.02 Å². The minimum atomic E-state index is 0.722. The van der Waals surface area contributed by atoms with Gasteiger partial charge in [-0.15, -0.1) is 0 Å². The minimum Gasteiger partial charge on any atom is -0.236 e. The highest BCUT2D eigenvalue weighted by Crippen LogP contribution is 2.26. The molecule has 4 heteroatoms. The zero-order valence-corrected chi connectivity index (χ0v) is 12.4. The molecule has 0 saturated carbocycles. The van der Waals surface area contributed by atoms with E-state index in [1.54, 1.807) is 0 Å². The summed E-state index contributed by atoms with van der Waals surface area (Å²) in [5, 5.41) is 5.15. The van der Waals surface area contributed by atoms with Gasteiger partial charge in [-0.05, 0) is 23.3 Å². The fourth-order valence-corrected chi connectivity index (χ4v) is 2.61. The zero-order chi connectivity index (χ0) is 14.9. The quantitative estimate of drug-likeness (QED) is 0.536. The Kier molecular flexibility index (Phi) is 3.13. The van der Waals surface area contributed by atoms with Gasteiger partial charge >= 0.3 is 0 Å². The first-order valence-electron chi connectivity index (χ1n) is 6.96. The summed E-state index contributed by atoms with van der Waals surface area (Å²) < 4.78 is 1.81. The average molecular weight is 306 g/mol. The molecule has 0 unspecified atom stereocenters. The lowest BCUT2D eigenvalue weighted by atomic mass is 10.1. The molecule has 2 aromatic heterocycles. The predicted octanol–water partition coefficient (Wildman–Crippen LogP) is 4.72. The first-order chi connectivity index (χ1) is 10.8. The lowest BCUT2D eigenvalue weighted by molar-refractivity contribution is 0.941. The van der Waals surface area contributed by atoms with Crippen LogP contribution in [0.5, 0.6) is 0 Å². The van der Waals surface area contributed by atoms with Crippen LogP contribution in [0.3, 0.4) is 0 Å². The Bertz CT molecular complexity index is 928. The molecule has 0 saturated heterocycles. The second kappa shape index (κ2) is 5.28. The molecule has 0 spiro atoms. The largest absolute Gasteiger partial charge is 0.236 e. The number of hydrogen-bond donors (Lipinski definition) is 0. The molecule has 0 bridgehead atoms. The molecule has 3 nitrogen and oxygen atoms in total. The average Bonchev–Trinajstić information content (AvgIpc) is 2.99. The van der Waals surface area contributed by atoms with Crippen LogP contribution in [0.4, 0.5) is 0 Å². The summed E-state index contributed by atoms with van der Waals surface area (Å²) in [6.45, 7) is 0. The van der Waals surface area contributed by atoms with E-state index < -0.39 is 0 Å². The number of aromatic nitrogens is 3. The SMILES string of the molecule is Clc1ccc(-c2cnn3cc(-c4ccccc4)cnc23)cc1. The van der Waals surface area contributed by atoms with Crippen LogP contribution in [0.1, 0.15) is 0 Å². The lowest BCUT2D eigenvalue weighted by Crippen LogP contribution is -1.91. The van der Waals surface area contributed by atoms with Gasteiger partial charge in [-0.3, -0.25) is 0 Å². The number of fused-ring (bicyclic) bond motifs is 1. The van der Waals surface area contributed by atoms with Crippen LogP contribution in [-0.4, -0.2) is 14.6 Å². The van der Waals surface area contributed by atoms with Crippen molar-refractivity contribution in [1.29, 1.82) is 0 Å². The smallest absolute Gasteiger partial charge is 0.162 e. The van der Waals surface area contributed by atoms with Crippen molar-refractivity contribution < 1.29 is 0 Å². The topological polar surface area (TPSA) is 30.2 Å². The standard InChI is InChI=1S/C18H12ClN3/c19-16-8-6-14(7-9-16)17-11-21-22-12-15(10-20-18(17)22)13-4-2-1-3-5-13/h1-12H. The van der Waals surface area contributed by atoms with Crippen molar-refractivity contribution >= 4 is 17.2 Å². The summed E-state index contributed by atoms with van der Waals surface area (Å²) in [5.41, 5.74) is 5.05. The maximum atomic E-state index is 5.94. The maximum absolute atomic E-state index is 5.94. The third-order valence-electron chi connectivity index (χ3n) is 3.62. The first kappa shape index (κ1) is 13.0. The van der Waals surface area contributed by atoms with E-state index in [4.69, 9.17) is 11.6 Å². The Balaban J connectivity index is 1.82. The summed E-state index contributed by atoms with van der Waals surface area (Å²) >= 11 is 5.94. The molecule has 22 heavy (non-hydrogen) atoms. The molecule has 0 radical (unpaired) electrons. The summed E-state index contributed by atoms with van der Waals surface area (Å²) in [5.74, 6) is 0. The molecule has 2 heterocycles. The molecule has 0 atom stereocenters. The van der Waals surface area contributed by atoms with Gasteiger partial charge in [0.2, 0.25) is 0 Å². The van der Waals surface area contributed by atoms with E-state index in [1.165, 1.54) is 0 Å². The van der Waals surface area contributed by atoms with Gasteiger partial charge < -0.3 is 0 Å². The van der Waals surface area contributed by atoms with Gasteiger partial charge in [0, 0.05) is 28.5 Å². The van der Waals surface area contributed by atoms with Crippen LogP contribution < -0.4 is 0 Å². The molecule has 4 rings (SSSR count). The van der Waals surface area contributed by atoms with E-state index in [0.717, 1.165) is 32.9 Å². The minimum absolute atomic E-state index is 0.722. The van der Waals surface area contributed by atoms with Crippen LogP contribution in [0.25, 0.3) is 27.9 Å². The molecule has 106 valence electrons. The molecule has 4 aromatic rings. The van der Waals surface area contributed by atoms with Crippen molar-refractivity contribution in [3.05, 3.63) is 78.2 Å². The molecular weight excluding hydrogens is 294 g/mol. The van der Waals surface area contributed by atoms with Crippen LogP contribution >= 0.6 is 11.6 Å². The van der Waals surface area contributed by atoms with Gasteiger partial charge in [-0.25, -0.2) is 9.50 Å². The van der Waals surface area contributed by atoms with Gasteiger partial charge in [0.1, 0.15) is 0 Å². The number of nitrogens with zero attached hydrogens (tertiary/aromatic N) is 3. The highest BCUT2D eigenvalue weighted by atomic mass is 35.5. The molecule has 2 aromatic carbocycles. The molecule has 0 aliphatic rings. The Morgan fingerprint density at radius 3 is 2.32 bits per heavy atom. The van der Waals surface area contributed by atoms with Gasteiger partial charge in [0.25, 0.3) is 0 Å². The van der Waals surface area contributed by atoms with Crippen LogP contribution in [0, 0.1) is 0 Å². The lowest BCUT2D eigenvalue weighted by Gasteiger charge is -2.03. The summed E-state index contributed by atoms with van der Waals surface area (Å²) in [4.78, 5) is 4.58. The third kappa shape index (κ3) is 2.26. The van der Waals surface area contributed by atoms with Gasteiger partial charge in [0.15, 0.2) is 5.65 Å². The van der Waals surface area contributed by atoms with E-state index in [2.05, 4.69) is 22.2 Å². The molecular formula is C18H12ClN3. The number of rotatable bonds is 2. The van der Waals surface area contributed by atoms with E-state index in [9.17, 15) is 0 Å². The number of halogens is 1. The van der Waals surface area contributed by atoms with Crippen molar-refractivity contribution in [2.24, 2.45) is 0 Å². The summed E-state index contributed by atoms with van der Waals surface area (Å²) in [6, 6.07) is 17.9. The monoisotopic (exact) mass is 305 g/mol.